The van der Waals surface area contributed by atoms with Crippen molar-refractivity contribution in [3.8, 4) is 0 Å². The number of carbonyl (C=O) groups is 1. The molecule has 1 fully saturated rings. The Morgan fingerprint density at radius 1 is 1.40 bits per heavy atom. The summed E-state index contributed by atoms with van der Waals surface area (Å²) in [6.07, 6.45) is 7.25. The summed E-state index contributed by atoms with van der Waals surface area (Å²) in [5.41, 5.74) is 0.961. The van der Waals surface area contributed by atoms with Crippen molar-refractivity contribution < 1.29 is 9.90 Å². The smallest absolute Gasteiger partial charge is 0.255 e. The number of amides is 1. The molecule has 1 aliphatic rings. The second-order valence-electron chi connectivity index (χ2n) is 6.97. The van der Waals surface area contributed by atoms with Crippen molar-refractivity contribution in [1.29, 1.82) is 0 Å². The topological polar surface area (TPSA) is 84.1 Å². The number of β-amino-alcohol motifs (C(OH)–C–C–N with tert-alkyl or cyclic N) is 1. The van der Waals surface area contributed by atoms with E-state index in [9.17, 15) is 9.90 Å². The third kappa shape index (κ3) is 3.56. The Morgan fingerprint density at radius 3 is 2.88 bits per heavy atom. The molecule has 0 aromatic carbocycles. The minimum Gasteiger partial charge on any atom is -0.382 e. The molecule has 0 spiro atoms. The highest BCUT2D eigenvalue weighted by Crippen LogP contribution is 2.31. The molecular weight excluding hydrogens is 318 g/mol. The van der Waals surface area contributed by atoms with Crippen molar-refractivity contribution >= 4 is 5.91 Å². The van der Waals surface area contributed by atoms with E-state index in [1.54, 1.807) is 28.2 Å². The molecule has 7 heteroatoms. The van der Waals surface area contributed by atoms with Crippen LogP contribution in [0.4, 0.5) is 0 Å². The molecule has 134 valence electrons. The second kappa shape index (κ2) is 6.92. The first-order chi connectivity index (χ1) is 11.9. The van der Waals surface area contributed by atoms with Crippen molar-refractivity contribution in [2.24, 2.45) is 0 Å². The molecule has 2 aromatic heterocycles. The first kappa shape index (κ1) is 17.5. The summed E-state index contributed by atoms with van der Waals surface area (Å²) < 4.78 is 1.72. The first-order valence-electron chi connectivity index (χ1n) is 8.81. The number of hydrogen-bond acceptors (Lipinski definition) is 5. The molecule has 0 radical (unpaired) electrons. The molecular formula is C18H25N5O2. The van der Waals surface area contributed by atoms with Crippen molar-refractivity contribution in [2.75, 3.05) is 13.1 Å². The van der Waals surface area contributed by atoms with Gasteiger partial charge in [0.2, 0.25) is 0 Å². The predicted molar refractivity (Wildman–Crippen MR) is 93.1 cm³/mol. The van der Waals surface area contributed by atoms with Gasteiger partial charge in [0, 0.05) is 25.0 Å². The Kier molecular flexibility index (Phi) is 4.85. The molecule has 1 saturated heterocycles. The lowest BCUT2D eigenvalue weighted by molar-refractivity contribution is -0.0320. The summed E-state index contributed by atoms with van der Waals surface area (Å²) in [6.45, 7) is 6.89. The number of hydrogen-bond donors (Lipinski definition) is 1. The minimum absolute atomic E-state index is 0.0998. The van der Waals surface area contributed by atoms with Crippen LogP contribution in [0, 0.1) is 0 Å². The molecule has 1 aliphatic heterocycles. The van der Waals surface area contributed by atoms with Crippen LogP contribution in [-0.4, -0.2) is 49.0 Å². The molecule has 2 aromatic rings. The van der Waals surface area contributed by atoms with Crippen molar-refractivity contribution in [3.05, 3.63) is 41.5 Å². The number of aliphatic hydroxyl groups is 1. The van der Waals surface area contributed by atoms with Crippen LogP contribution < -0.4 is 0 Å². The number of aromatic nitrogens is 4. The highest BCUT2D eigenvalue weighted by atomic mass is 16.3. The van der Waals surface area contributed by atoms with Gasteiger partial charge in [-0.3, -0.25) is 9.78 Å². The van der Waals surface area contributed by atoms with Gasteiger partial charge < -0.3 is 10.0 Å². The Morgan fingerprint density at radius 2 is 2.20 bits per heavy atom. The fourth-order valence-electron chi connectivity index (χ4n) is 3.14. The van der Waals surface area contributed by atoms with Crippen LogP contribution in [0.5, 0.6) is 0 Å². The summed E-state index contributed by atoms with van der Waals surface area (Å²) in [5.74, 6) is -0.0998. The normalized spacial score (nSPS) is 20.9. The SMILES string of the molecule is CCc1cncc(C(=O)N2CCCC(O)(c3cn(C(C)C)nn3)C2)c1. The molecule has 1 N–H and O–H groups in total. The van der Waals surface area contributed by atoms with Crippen LogP contribution >= 0.6 is 0 Å². The molecule has 0 bridgehead atoms. The molecule has 3 rings (SSSR count). The maximum atomic E-state index is 12.8. The van der Waals surface area contributed by atoms with Crippen molar-refractivity contribution in [2.45, 2.75) is 51.7 Å². The van der Waals surface area contributed by atoms with Crippen LogP contribution in [0.15, 0.2) is 24.7 Å². The summed E-state index contributed by atoms with van der Waals surface area (Å²) in [5, 5.41) is 19.3. The monoisotopic (exact) mass is 343 g/mol. The zero-order valence-electron chi connectivity index (χ0n) is 15.0. The molecule has 1 amide bonds. The lowest BCUT2D eigenvalue weighted by Crippen LogP contribution is -2.48. The molecule has 1 unspecified atom stereocenters. The molecule has 1 atom stereocenters. The lowest BCUT2D eigenvalue weighted by Gasteiger charge is -2.38. The van der Waals surface area contributed by atoms with Gasteiger partial charge >= 0.3 is 0 Å². The fraction of sp³-hybridized carbons (Fsp3) is 0.556. The van der Waals surface area contributed by atoms with Gasteiger partial charge in [-0.1, -0.05) is 12.1 Å². The number of aryl methyl sites for hydroxylation is 1. The molecule has 7 nitrogen and oxygen atoms in total. The van der Waals surface area contributed by atoms with Crippen molar-refractivity contribution in [3.63, 3.8) is 0 Å². The molecule has 3 heterocycles. The minimum atomic E-state index is -1.16. The van der Waals surface area contributed by atoms with Crippen LogP contribution in [0.3, 0.4) is 0 Å². The van der Waals surface area contributed by atoms with Gasteiger partial charge in [0.25, 0.3) is 5.91 Å². The van der Waals surface area contributed by atoms with Gasteiger partial charge in [0.1, 0.15) is 11.3 Å². The van der Waals surface area contributed by atoms with Crippen LogP contribution in [0.25, 0.3) is 0 Å². The lowest BCUT2D eigenvalue weighted by atomic mass is 9.89. The van der Waals surface area contributed by atoms with E-state index in [0.29, 0.717) is 24.2 Å². The van der Waals surface area contributed by atoms with Gasteiger partial charge in [-0.25, -0.2) is 4.68 Å². The maximum Gasteiger partial charge on any atom is 0.255 e. The quantitative estimate of drug-likeness (QED) is 0.917. The number of piperidine rings is 1. The number of likely N-dealkylation sites (tertiary alicyclic amines) is 1. The standard InChI is InChI=1S/C18H25N5O2/c1-4-14-8-15(10-19-9-14)17(24)22-7-5-6-18(25,12-22)16-11-23(13(2)3)21-20-16/h8-11,13,25H,4-7,12H2,1-3H3. The van der Waals surface area contributed by atoms with Gasteiger partial charge in [0.15, 0.2) is 0 Å². The molecule has 25 heavy (non-hydrogen) atoms. The number of pyridine rings is 1. The van der Waals surface area contributed by atoms with Crippen LogP contribution in [0.1, 0.15) is 61.3 Å². The van der Waals surface area contributed by atoms with E-state index in [4.69, 9.17) is 0 Å². The predicted octanol–water partition coefficient (Wildman–Crippen LogP) is 1.94. The van der Waals surface area contributed by atoms with Crippen molar-refractivity contribution in [1.82, 2.24) is 24.9 Å². The number of nitrogens with zero attached hydrogens (tertiary/aromatic N) is 5. The summed E-state index contributed by atoms with van der Waals surface area (Å²) in [6, 6.07) is 2.05. The zero-order chi connectivity index (χ0) is 18.0. The Balaban J connectivity index is 1.80. The van der Waals surface area contributed by atoms with Gasteiger partial charge in [-0.05, 0) is 44.7 Å². The summed E-state index contributed by atoms with van der Waals surface area (Å²) in [7, 11) is 0. The summed E-state index contributed by atoms with van der Waals surface area (Å²) >= 11 is 0. The Hall–Kier alpha value is -2.28. The largest absolute Gasteiger partial charge is 0.382 e. The van der Waals surface area contributed by atoms with E-state index in [-0.39, 0.29) is 18.5 Å². The highest BCUT2D eigenvalue weighted by Gasteiger charge is 2.39. The fourth-order valence-corrected chi connectivity index (χ4v) is 3.14. The maximum absolute atomic E-state index is 12.8. The Labute approximate surface area is 147 Å². The second-order valence-corrected chi connectivity index (χ2v) is 6.97. The summed E-state index contributed by atoms with van der Waals surface area (Å²) in [4.78, 5) is 18.7. The zero-order valence-corrected chi connectivity index (χ0v) is 15.0. The van der Waals surface area contributed by atoms with E-state index in [1.807, 2.05) is 26.8 Å². The van der Waals surface area contributed by atoms with E-state index in [2.05, 4.69) is 15.3 Å². The molecule has 0 saturated carbocycles. The van der Waals surface area contributed by atoms with E-state index >= 15 is 0 Å². The van der Waals surface area contributed by atoms with Crippen LogP contribution in [-0.2, 0) is 12.0 Å². The van der Waals surface area contributed by atoms with Gasteiger partial charge in [-0.2, -0.15) is 0 Å². The van der Waals surface area contributed by atoms with E-state index in [0.717, 1.165) is 18.4 Å². The average molecular weight is 343 g/mol. The van der Waals surface area contributed by atoms with Gasteiger partial charge in [0.05, 0.1) is 18.3 Å². The average Bonchev–Trinajstić information content (AvgIpc) is 3.12. The van der Waals surface area contributed by atoms with Gasteiger partial charge in [-0.15, -0.1) is 5.10 Å². The third-order valence-corrected chi connectivity index (χ3v) is 4.72. The highest BCUT2D eigenvalue weighted by molar-refractivity contribution is 5.94. The molecule has 0 aliphatic carbocycles. The van der Waals surface area contributed by atoms with E-state index in [1.165, 1.54) is 0 Å². The Bertz CT molecular complexity index is 757. The van der Waals surface area contributed by atoms with Crippen LogP contribution in [0.2, 0.25) is 0 Å². The third-order valence-electron chi connectivity index (χ3n) is 4.72. The number of carbonyl (C=O) groups excluding carboxylic acids is 1. The number of rotatable bonds is 4. The van der Waals surface area contributed by atoms with E-state index < -0.39 is 5.60 Å². The first-order valence-corrected chi connectivity index (χ1v) is 8.81.